The van der Waals surface area contributed by atoms with Gasteiger partial charge in [0.05, 0.1) is 18.6 Å². The van der Waals surface area contributed by atoms with E-state index in [4.69, 9.17) is 10.6 Å². The summed E-state index contributed by atoms with van der Waals surface area (Å²) in [6.07, 6.45) is 1.66. The van der Waals surface area contributed by atoms with Gasteiger partial charge < -0.3 is 15.9 Å². The maximum absolute atomic E-state index is 12.6. The molecule has 2 heterocycles. The Morgan fingerprint density at radius 1 is 1.18 bits per heavy atom. The molecule has 1 amide bonds. The molecule has 0 aliphatic carbocycles. The molecule has 0 radical (unpaired) electrons. The van der Waals surface area contributed by atoms with Crippen LogP contribution in [0.25, 0.3) is 11.4 Å². The van der Waals surface area contributed by atoms with Crippen LogP contribution in [0.1, 0.15) is 26.8 Å². The number of nitrogens with zero attached hydrogens (tertiary/aromatic N) is 5. The van der Waals surface area contributed by atoms with Gasteiger partial charge in [0.2, 0.25) is 11.1 Å². The standard InChI is InChI=1S/C18H23N7O2S/c1-11(2)25-15(9-10-20-25)21-17(26)12(3)28-18-23-22-16(24(18)19)13-5-7-14(27-4)8-6-13/h5-12H,19H2,1-4H3,(H,21,26)/t12-/m0/s1. The second-order valence-electron chi connectivity index (χ2n) is 6.41. The maximum Gasteiger partial charge on any atom is 0.238 e. The fourth-order valence-electron chi connectivity index (χ4n) is 2.56. The van der Waals surface area contributed by atoms with Crippen LogP contribution in [-0.4, -0.2) is 42.9 Å². The lowest BCUT2D eigenvalue weighted by Gasteiger charge is -2.14. The molecule has 3 N–H and O–H groups in total. The lowest BCUT2D eigenvalue weighted by Crippen LogP contribution is -2.25. The summed E-state index contributed by atoms with van der Waals surface area (Å²) in [5, 5.41) is 15.4. The van der Waals surface area contributed by atoms with Crippen molar-refractivity contribution in [3.05, 3.63) is 36.5 Å². The Bertz CT molecular complexity index is 949. The summed E-state index contributed by atoms with van der Waals surface area (Å²) < 4.78 is 8.29. The van der Waals surface area contributed by atoms with Crippen molar-refractivity contribution in [1.82, 2.24) is 24.7 Å². The van der Waals surface area contributed by atoms with Crippen LogP contribution in [0, 0.1) is 0 Å². The number of methoxy groups -OCH3 is 1. The predicted octanol–water partition coefficient (Wildman–Crippen LogP) is 2.56. The second-order valence-corrected chi connectivity index (χ2v) is 7.72. The molecule has 0 saturated heterocycles. The van der Waals surface area contributed by atoms with Gasteiger partial charge in [0, 0.05) is 17.7 Å². The molecule has 0 aliphatic rings. The van der Waals surface area contributed by atoms with E-state index in [2.05, 4.69) is 20.6 Å². The third-order valence-electron chi connectivity index (χ3n) is 4.07. The molecule has 0 aliphatic heterocycles. The van der Waals surface area contributed by atoms with E-state index in [0.29, 0.717) is 16.8 Å². The predicted molar refractivity (Wildman–Crippen MR) is 109 cm³/mol. The number of nitrogens with two attached hydrogens (primary N) is 1. The number of aromatic nitrogens is 5. The number of ether oxygens (including phenoxy) is 1. The summed E-state index contributed by atoms with van der Waals surface area (Å²) in [5.41, 5.74) is 0.806. The summed E-state index contributed by atoms with van der Waals surface area (Å²) in [6, 6.07) is 9.26. The van der Waals surface area contributed by atoms with Crippen molar-refractivity contribution in [2.75, 3.05) is 18.3 Å². The van der Waals surface area contributed by atoms with Gasteiger partial charge in [-0.25, -0.2) is 9.36 Å². The average molecular weight is 401 g/mol. The Kier molecular flexibility index (Phi) is 5.88. The van der Waals surface area contributed by atoms with Crippen molar-refractivity contribution in [3.8, 4) is 17.1 Å². The SMILES string of the molecule is COc1ccc(-c2nnc(S[C@@H](C)C(=O)Nc3ccnn3C(C)C)n2N)cc1. The highest BCUT2D eigenvalue weighted by molar-refractivity contribution is 8.00. The van der Waals surface area contributed by atoms with Crippen LogP contribution in [0.4, 0.5) is 5.82 Å². The molecule has 0 spiro atoms. The van der Waals surface area contributed by atoms with E-state index in [9.17, 15) is 4.79 Å². The zero-order chi connectivity index (χ0) is 20.3. The molecule has 2 aromatic heterocycles. The first-order chi connectivity index (χ1) is 13.4. The van der Waals surface area contributed by atoms with Crippen molar-refractivity contribution in [2.45, 2.75) is 37.2 Å². The lowest BCUT2D eigenvalue weighted by molar-refractivity contribution is -0.115. The molecule has 10 heteroatoms. The molecule has 0 saturated carbocycles. The molecule has 3 aromatic rings. The Morgan fingerprint density at radius 2 is 1.89 bits per heavy atom. The zero-order valence-corrected chi connectivity index (χ0v) is 17.0. The van der Waals surface area contributed by atoms with Crippen LogP contribution in [-0.2, 0) is 4.79 Å². The van der Waals surface area contributed by atoms with Crippen molar-refractivity contribution in [1.29, 1.82) is 0 Å². The summed E-state index contributed by atoms with van der Waals surface area (Å²) in [7, 11) is 1.61. The molecule has 0 unspecified atom stereocenters. The molecular weight excluding hydrogens is 378 g/mol. The summed E-state index contributed by atoms with van der Waals surface area (Å²) in [5.74, 6) is 7.89. The lowest BCUT2D eigenvalue weighted by atomic mass is 10.2. The Labute approximate surface area is 167 Å². The van der Waals surface area contributed by atoms with Crippen molar-refractivity contribution < 1.29 is 9.53 Å². The van der Waals surface area contributed by atoms with Gasteiger partial charge in [-0.2, -0.15) is 5.10 Å². The van der Waals surface area contributed by atoms with Gasteiger partial charge in [-0.3, -0.25) is 4.79 Å². The minimum Gasteiger partial charge on any atom is -0.497 e. The number of amides is 1. The van der Waals surface area contributed by atoms with E-state index >= 15 is 0 Å². The number of nitrogens with one attached hydrogen (secondary N) is 1. The number of carbonyl (C=O) groups is 1. The number of rotatable bonds is 7. The first kappa shape index (κ1) is 19.7. The number of carbonyl (C=O) groups excluding carboxylic acids is 1. The minimum absolute atomic E-state index is 0.146. The molecule has 1 atom stereocenters. The second kappa shape index (κ2) is 8.34. The number of hydrogen-bond acceptors (Lipinski definition) is 7. The molecule has 9 nitrogen and oxygen atoms in total. The molecule has 3 rings (SSSR count). The number of nitrogen functional groups attached to an aromatic ring is 1. The van der Waals surface area contributed by atoms with E-state index in [-0.39, 0.29) is 11.9 Å². The fraction of sp³-hybridized carbons (Fsp3) is 0.333. The number of thioether (sulfide) groups is 1. The Hall–Kier alpha value is -3.01. The maximum atomic E-state index is 12.6. The zero-order valence-electron chi connectivity index (χ0n) is 16.2. The molecule has 28 heavy (non-hydrogen) atoms. The van der Waals surface area contributed by atoms with Gasteiger partial charge in [0.1, 0.15) is 11.6 Å². The van der Waals surface area contributed by atoms with E-state index in [1.54, 1.807) is 31.0 Å². The van der Waals surface area contributed by atoms with Crippen molar-refractivity contribution in [2.24, 2.45) is 0 Å². The number of benzene rings is 1. The Balaban J connectivity index is 1.70. The average Bonchev–Trinajstić information content (AvgIpc) is 3.29. The third-order valence-corrected chi connectivity index (χ3v) is 5.13. The molecular formula is C18H23N7O2S. The van der Waals surface area contributed by atoms with Crippen LogP contribution in [0.5, 0.6) is 5.75 Å². The summed E-state index contributed by atoms with van der Waals surface area (Å²) in [6.45, 7) is 5.79. The largest absolute Gasteiger partial charge is 0.497 e. The van der Waals surface area contributed by atoms with E-state index in [0.717, 1.165) is 11.3 Å². The number of hydrogen-bond donors (Lipinski definition) is 2. The van der Waals surface area contributed by atoms with Crippen molar-refractivity contribution >= 4 is 23.5 Å². The van der Waals surface area contributed by atoms with Gasteiger partial charge in [-0.05, 0) is 45.0 Å². The smallest absolute Gasteiger partial charge is 0.238 e. The Morgan fingerprint density at radius 3 is 2.54 bits per heavy atom. The topological polar surface area (TPSA) is 113 Å². The van der Waals surface area contributed by atoms with Crippen LogP contribution < -0.4 is 15.9 Å². The van der Waals surface area contributed by atoms with Crippen molar-refractivity contribution in [3.63, 3.8) is 0 Å². The first-order valence-corrected chi connectivity index (χ1v) is 9.64. The quantitative estimate of drug-likeness (QED) is 0.462. The van der Waals surface area contributed by atoms with Crippen LogP contribution in [0.3, 0.4) is 0 Å². The van der Waals surface area contributed by atoms with Gasteiger partial charge in [-0.1, -0.05) is 11.8 Å². The van der Waals surface area contributed by atoms with Gasteiger partial charge >= 0.3 is 0 Å². The third kappa shape index (κ3) is 4.11. The fourth-order valence-corrected chi connectivity index (χ4v) is 3.33. The van der Waals surface area contributed by atoms with Crippen LogP contribution in [0.2, 0.25) is 0 Å². The summed E-state index contributed by atoms with van der Waals surface area (Å²) in [4.78, 5) is 12.6. The van der Waals surface area contributed by atoms with Gasteiger partial charge in [0.15, 0.2) is 5.82 Å². The molecule has 0 fully saturated rings. The van der Waals surface area contributed by atoms with E-state index in [1.807, 2.05) is 38.1 Å². The summed E-state index contributed by atoms with van der Waals surface area (Å²) >= 11 is 1.24. The highest BCUT2D eigenvalue weighted by Gasteiger charge is 2.21. The molecule has 148 valence electrons. The normalized spacial score (nSPS) is 12.2. The highest BCUT2D eigenvalue weighted by atomic mass is 32.2. The van der Waals surface area contributed by atoms with E-state index < -0.39 is 5.25 Å². The van der Waals surface area contributed by atoms with Crippen LogP contribution in [0.15, 0.2) is 41.7 Å². The van der Waals surface area contributed by atoms with Gasteiger partial charge in [-0.15, -0.1) is 10.2 Å². The molecule has 1 aromatic carbocycles. The van der Waals surface area contributed by atoms with Crippen LogP contribution >= 0.6 is 11.8 Å². The number of anilines is 1. The molecule has 0 bridgehead atoms. The monoisotopic (exact) mass is 401 g/mol. The minimum atomic E-state index is -0.425. The first-order valence-electron chi connectivity index (χ1n) is 8.76. The van der Waals surface area contributed by atoms with Gasteiger partial charge in [0.25, 0.3) is 0 Å². The highest BCUT2D eigenvalue weighted by Crippen LogP contribution is 2.26. The van der Waals surface area contributed by atoms with E-state index in [1.165, 1.54) is 16.4 Å².